The molecule has 0 bridgehead atoms. The Labute approximate surface area is 114 Å². The number of hydrogen-bond donors (Lipinski definition) is 1. The molecule has 2 heterocycles. The lowest BCUT2D eigenvalue weighted by molar-refractivity contribution is 0.587. The minimum Gasteiger partial charge on any atom is -0.364 e. The molecule has 0 spiro atoms. The predicted molar refractivity (Wildman–Crippen MR) is 77.0 cm³/mol. The molecule has 0 amide bonds. The van der Waals surface area contributed by atoms with Crippen LogP contribution < -0.4 is 5.32 Å². The zero-order valence-corrected chi connectivity index (χ0v) is 11.9. The van der Waals surface area contributed by atoms with Gasteiger partial charge >= 0.3 is 0 Å². The van der Waals surface area contributed by atoms with E-state index in [1.165, 1.54) is 5.56 Å². The highest BCUT2D eigenvalue weighted by Crippen LogP contribution is 2.21. The minimum absolute atomic E-state index is 0.134. The van der Waals surface area contributed by atoms with Crippen molar-refractivity contribution in [3.8, 4) is 0 Å². The van der Waals surface area contributed by atoms with Gasteiger partial charge < -0.3 is 5.32 Å². The van der Waals surface area contributed by atoms with Gasteiger partial charge in [-0.25, -0.2) is 15.0 Å². The zero-order valence-electron chi connectivity index (χ0n) is 11.9. The van der Waals surface area contributed by atoms with Crippen LogP contribution in [0, 0.1) is 6.92 Å². The summed E-state index contributed by atoms with van der Waals surface area (Å²) in [7, 11) is 0. The van der Waals surface area contributed by atoms with E-state index in [4.69, 9.17) is 0 Å². The number of nitrogens with zero attached hydrogens (tertiary/aromatic N) is 3. The van der Waals surface area contributed by atoms with Gasteiger partial charge in [-0.1, -0.05) is 26.8 Å². The number of rotatable bonds is 3. The smallest absolute Gasteiger partial charge is 0.126 e. The molecule has 0 aliphatic rings. The number of nitrogens with one attached hydrogen (secondary N) is 1. The summed E-state index contributed by atoms with van der Waals surface area (Å²) in [5.41, 5.74) is 2.33. The van der Waals surface area contributed by atoms with Gasteiger partial charge in [-0.3, -0.25) is 0 Å². The maximum Gasteiger partial charge on any atom is 0.126 e. The van der Waals surface area contributed by atoms with Gasteiger partial charge in [-0.2, -0.15) is 0 Å². The van der Waals surface area contributed by atoms with Gasteiger partial charge in [-0.05, 0) is 30.0 Å². The molecule has 0 aliphatic heterocycles. The van der Waals surface area contributed by atoms with Crippen LogP contribution in [0.2, 0.25) is 0 Å². The maximum atomic E-state index is 4.43. The molecule has 2 aromatic heterocycles. The second-order valence-corrected chi connectivity index (χ2v) is 5.63. The summed E-state index contributed by atoms with van der Waals surface area (Å²) in [5.74, 6) is 1.65. The molecule has 2 aromatic rings. The van der Waals surface area contributed by atoms with E-state index in [2.05, 4.69) is 47.1 Å². The molecule has 0 saturated heterocycles. The zero-order chi connectivity index (χ0) is 13.9. The molecule has 0 saturated carbocycles. The molecule has 1 N–H and O–H groups in total. The van der Waals surface area contributed by atoms with Crippen molar-refractivity contribution in [2.24, 2.45) is 0 Å². The first kappa shape index (κ1) is 13.5. The van der Waals surface area contributed by atoms with Crippen LogP contribution in [-0.4, -0.2) is 15.0 Å². The Morgan fingerprint density at radius 3 is 2.47 bits per heavy atom. The fourth-order valence-corrected chi connectivity index (χ4v) is 1.73. The van der Waals surface area contributed by atoms with Gasteiger partial charge in [0, 0.05) is 12.4 Å². The van der Waals surface area contributed by atoms with E-state index in [1.807, 2.05) is 25.3 Å². The Morgan fingerprint density at radius 1 is 1.11 bits per heavy atom. The van der Waals surface area contributed by atoms with Crippen LogP contribution >= 0.6 is 0 Å². The second-order valence-electron chi connectivity index (χ2n) is 5.63. The predicted octanol–water partition coefficient (Wildman–Crippen LogP) is 3.09. The molecule has 4 nitrogen and oxygen atoms in total. The summed E-state index contributed by atoms with van der Waals surface area (Å²) in [5, 5.41) is 3.27. The number of pyridine rings is 1. The molecule has 0 atom stereocenters. The largest absolute Gasteiger partial charge is 0.364 e. The minimum atomic E-state index is 0.134. The van der Waals surface area contributed by atoms with Crippen molar-refractivity contribution in [2.75, 3.05) is 5.32 Å². The average molecular weight is 256 g/mol. The van der Waals surface area contributed by atoms with Crippen LogP contribution in [0.1, 0.15) is 37.9 Å². The second kappa shape index (κ2) is 5.34. The average Bonchev–Trinajstić information content (AvgIpc) is 2.36. The third-order valence-corrected chi connectivity index (χ3v) is 2.91. The molecular formula is C15H20N4. The van der Waals surface area contributed by atoms with E-state index in [0.29, 0.717) is 6.54 Å². The monoisotopic (exact) mass is 256 g/mol. The lowest BCUT2D eigenvalue weighted by Crippen LogP contribution is -2.12. The molecule has 2 rings (SSSR count). The molecule has 4 heteroatoms. The van der Waals surface area contributed by atoms with Crippen LogP contribution in [0.4, 0.5) is 5.82 Å². The van der Waals surface area contributed by atoms with Gasteiger partial charge in [0.05, 0.1) is 12.2 Å². The highest BCUT2D eigenvalue weighted by Gasteiger charge is 2.13. The highest BCUT2D eigenvalue weighted by atomic mass is 15.0. The van der Waals surface area contributed by atoms with Crippen molar-refractivity contribution in [1.29, 1.82) is 0 Å². The van der Waals surface area contributed by atoms with E-state index in [1.54, 1.807) is 6.20 Å². The van der Waals surface area contributed by atoms with Crippen molar-refractivity contribution in [2.45, 2.75) is 39.7 Å². The molecule has 0 unspecified atom stereocenters. The molecular weight excluding hydrogens is 236 g/mol. The Morgan fingerprint density at radius 2 is 1.89 bits per heavy atom. The molecule has 100 valence electrons. The fraction of sp³-hybridized carbons (Fsp3) is 0.400. The van der Waals surface area contributed by atoms with Gasteiger partial charge in [0.1, 0.15) is 11.6 Å². The summed E-state index contributed by atoms with van der Waals surface area (Å²) in [6.07, 6.45) is 3.70. The number of hydrogen-bond acceptors (Lipinski definition) is 4. The third-order valence-electron chi connectivity index (χ3n) is 2.91. The molecule has 0 radical (unpaired) electrons. The Bertz CT molecular complexity index is 541. The normalized spacial score (nSPS) is 11.4. The van der Waals surface area contributed by atoms with E-state index in [0.717, 1.165) is 17.3 Å². The number of aryl methyl sites for hydroxylation is 1. The van der Waals surface area contributed by atoms with Crippen molar-refractivity contribution in [1.82, 2.24) is 15.0 Å². The SMILES string of the molecule is Cc1nccc(CNc2ccc(C(C)(C)C)cn2)n1. The molecule has 0 fully saturated rings. The first-order valence-electron chi connectivity index (χ1n) is 6.44. The van der Waals surface area contributed by atoms with Crippen LogP contribution in [0.25, 0.3) is 0 Å². The van der Waals surface area contributed by atoms with Gasteiger partial charge in [0.15, 0.2) is 0 Å². The first-order chi connectivity index (χ1) is 8.95. The quantitative estimate of drug-likeness (QED) is 0.916. The summed E-state index contributed by atoms with van der Waals surface area (Å²) >= 11 is 0. The van der Waals surface area contributed by atoms with Gasteiger partial charge in [0.25, 0.3) is 0 Å². The Hall–Kier alpha value is -1.97. The summed E-state index contributed by atoms with van der Waals surface area (Å²) in [6.45, 7) is 9.09. The summed E-state index contributed by atoms with van der Waals surface area (Å²) in [4.78, 5) is 12.9. The maximum absolute atomic E-state index is 4.43. The van der Waals surface area contributed by atoms with Crippen molar-refractivity contribution < 1.29 is 0 Å². The van der Waals surface area contributed by atoms with Crippen molar-refractivity contribution in [3.05, 3.63) is 47.7 Å². The van der Waals surface area contributed by atoms with Gasteiger partial charge in [-0.15, -0.1) is 0 Å². The van der Waals surface area contributed by atoms with Crippen molar-refractivity contribution in [3.63, 3.8) is 0 Å². The van der Waals surface area contributed by atoms with Crippen LogP contribution in [0.3, 0.4) is 0 Å². The standard InChI is InChI=1S/C15H20N4/c1-11-16-8-7-13(19-11)10-18-14-6-5-12(9-17-14)15(2,3)4/h5-9H,10H2,1-4H3,(H,17,18). The van der Waals surface area contributed by atoms with Crippen LogP contribution in [0.15, 0.2) is 30.6 Å². The van der Waals surface area contributed by atoms with Crippen LogP contribution in [-0.2, 0) is 12.0 Å². The van der Waals surface area contributed by atoms with Crippen molar-refractivity contribution >= 4 is 5.82 Å². The highest BCUT2D eigenvalue weighted by molar-refractivity contribution is 5.37. The fourth-order valence-electron chi connectivity index (χ4n) is 1.73. The molecule has 0 aliphatic carbocycles. The lowest BCUT2D eigenvalue weighted by atomic mass is 9.88. The van der Waals surface area contributed by atoms with E-state index in [9.17, 15) is 0 Å². The van der Waals surface area contributed by atoms with E-state index < -0.39 is 0 Å². The number of aromatic nitrogens is 3. The van der Waals surface area contributed by atoms with Gasteiger partial charge in [0.2, 0.25) is 0 Å². The Kier molecular flexibility index (Phi) is 3.79. The lowest BCUT2D eigenvalue weighted by Gasteiger charge is -2.18. The molecule has 19 heavy (non-hydrogen) atoms. The van der Waals surface area contributed by atoms with E-state index in [-0.39, 0.29) is 5.41 Å². The first-order valence-corrected chi connectivity index (χ1v) is 6.44. The third kappa shape index (κ3) is 3.74. The number of anilines is 1. The summed E-state index contributed by atoms with van der Waals surface area (Å²) in [6, 6.07) is 6.03. The topological polar surface area (TPSA) is 50.7 Å². The summed E-state index contributed by atoms with van der Waals surface area (Å²) < 4.78 is 0. The molecule has 0 aromatic carbocycles. The van der Waals surface area contributed by atoms with E-state index >= 15 is 0 Å². The Balaban J connectivity index is 2.01. The van der Waals surface area contributed by atoms with Crippen LogP contribution in [0.5, 0.6) is 0 Å².